The second-order valence-electron chi connectivity index (χ2n) is 7.67. The summed E-state index contributed by atoms with van der Waals surface area (Å²) in [5.41, 5.74) is 3.93. The maximum atomic E-state index is 13.4. The summed E-state index contributed by atoms with van der Waals surface area (Å²) in [7, 11) is 1.63. The summed E-state index contributed by atoms with van der Waals surface area (Å²) in [4.78, 5) is 24.5. The first-order valence-electron chi connectivity index (χ1n) is 10.3. The summed E-state index contributed by atoms with van der Waals surface area (Å²) in [6.45, 7) is 4.70. The monoisotopic (exact) mass is 431 g/mol. The number of nitrogens with zero attached hydrogens (tertiary/aromatic N) is 3. The molecular formula is C25H25N3O2S. The van der Waals surface area contributed by atoms with Crippen LogP contribution in [-0.2, 0) is 17.8 Å². The lowest BCUT2D eigenvalue weighted by Crippen LogP contribution is -2.32. The van der Waals surface area contributed by atoms with E-state index < -0.39 is 0 Å². The number of pyridine rings is 1. The van der Waals surface area contributed by atoms with Crippen molar-refractivity contribution in [1.82, 2.24) is 9.97 Å². The van der Waals surface area contributed by atoms with E-state index in [4.69, 9.17) is 9.72 Å². The van der Waals surface area contributed by atoms with Crippen molar-refractivity contribution in [2.24, 2.45) is 0 Å². The number of anilines is 1. The van der Waals surface area contributed by atoms with Gasteiger partial charge in [0, 0.05) is 6.20 Å². The van der Waals surface area contributed by atoms with Crippen LogP contribution in [0.15, 0.2) is 66.9 Å². The molecule has 2 aromatic carbocycles. The average molecular weight is 432 g/mol. The molecule has 0 fully saturated rings. The smallest absolute Gasteiger partial charge is 0.233 e. The molecule has 0 N–H and O–H groups in total. The van der Waals surface area contributed by atoms with Crippen LogP contribution in [0.1, 0.15) is 36.6 Å². The zero-order valence-electron chi connectivity index (χ0n) is 17.9. The van der Waals surface area contributed by atoms with Crippen LogP contribution in [0.2, 0.25) is 0 Å². The zero-order valence-corrected chi connectivity index (χ0v) is 18.7. The third-order valence-corrected chi connectivity index (χ3v) is 6.20. The molecule has 1 amide bonds. The molecular weight excluding hydrogens is 406 g/mol. The van der Waals surface area contributed by atoms with Crippen LogP contribution in [0, 0.1) is 0 Å². The number of hydrogen-bond acceptors (Lipinski definition) is 5. The molecule has 4 rings (SSSR count). The molecule has 0 unspecified atom stereocenters. The van der Waals surface area contributed by atoms with Gasteiger partial charge in [-0.15, -0.1) is 0 Å². The van der Waals surface area contributed by atoms with Crippen molar-refractivity contribution in [2.75, 3.05) is 12.0 Å². The Kier molecular flexibility index (Phi) is 6.28. The molecule has 4 aromatic rings. The number of ether oxygens (including phenoxy) is 1. The minimum Gasteiger partial charge on any atom is -0.497 e. The number of fused-ring (bicyclic) bond motifs is 1. The van der Waals surface area contributed by atoms with Gasteiger partial charge in [0.2, 0.25) is 5.91 Å². The highest BCUT2D eigenvalue weighted by atomic mass is 32.1. The van der Waals surface area contributed by atoms with Crippen molar-refractivity contribution in [3.8, 4) is 5.75 Å². The number of carbonyl (C=O) groups is 1. The maximum Gasteiger partial charge on any atom is 0.233 e. The molecule has 5 nitrogen and oxygen atoms in total. The van der Waals surface area contributed by atoms with Crippen LogP contribution in [0.25, 0.3) is 10.2 Å². The Morgan fingerprint density at radius 3 is 2.55 bits per heavy atom. The van der Waals surface area contributed by atoms with Gasteiger partial charge in [0.25, 0.3) is 0 Å². The lowest BCUT2D eigenvalue weighted by molar-refractivity contribution is -0.118. The van der Waals surface area contributed by atoms with Crippen LogP contribution in [0.3, 0.4) is 0 Å². The first-order chi connectivity index (χ1) is 15.0. The second-order valence-corrected chi connectivity index (χ2v) is 8.68. The fourth-order valence-electron chi connectivity index (χ4n) is 3.47. The SMILES string of the molecule is COc1ccc(CC(=O)N(Cc2ccccn2)c2nc3c(C(C)C)cccc3s2)cc1. The van der Waals surface area contributed by atoms with Gasteiger partial charge in [0.15, 0.2) is 5.13 Å². The van der Waals surface area contributed by atoms with Gasteiger partial charge >= 0.3 is 0 Å². The molecule has 0 spiro atoms. The summed E-state index contributed by atoms with van der Waals surface area (Å²) in [5, 5.41) is 0.701. The number of hydrogen-bond donors (Lipinski definition) is 0. The quantitative estimate of drug-likeness (QED) is 0.382. The van der Waals surface area contributed by atoms with E-state index in [1.54, 1.807) is 29.5 Å². The van der Waals surface area contributed by atoms with E-state index in [-0.39, 0.29) is 12.3 Å². The topological polar surface area (TPSA) is 55.3 Å². The van der Waals surface area contributed by atoms with Crippen molar-refractivity contribution < 1.29 is 9.53 Å². The largest absolute Gasteiger partial charge is 0.497 e. The normalized spacial score (nSPS) is 11.1. The molecule has 0 atom stereocenters. The van der Waals surface area contributed by atoms with E-state index in [9.17, 15) is 4.79 Å². The molecule has 0 aliphatic carbocycles. The lowest BCUT2D eigenvalue weighted by atomic mass is 10.0. The van der Waals surface area contributed by atoms with Crippen molar-refractivity contribution in [3.05, 3.63) is 83.7 Å². The number of carbonyl (C=O) groups excluding carboxylic acids is 1. The van der Waals surface area contributed by atoms with Crippen molar-refractivity contribution >= 4 is 32.6 Å². The summed E-state index contributed by atoms with van der Waals surface area (Å²) in [5.74, 6) is 1.12. The summed E-state index contributed by atoms with van der Waals surface area (Å²) in [6, 6.07) is 19.6. The number of methoxy groups -OCH3 is 1. The molecule has 2 heterocycles. The number of amides is 1. The number of para-hydroxylation sites is 1. The molecule has 6 heteroatoms. The minimum absolute atomic E-state index is 0.0130. The van der Waals surface area contributed by atoms with Crippen LogP contribution < -0.4 is 9.64 Å². The molecule has 31 heavy (non-hydrogen) atoms. The third-order valence-electron chi connectivity index (χ3n) is 5.15. The van der Waals surface area contributed by atoms with Crippen LogP contribution in [0.5, 0.6) is 5.75 Å². The van der Waals surface area contributed by atoms with Crippen LogP contribution >= 0.6 is 11.3 Å². The highest BCUT2D eigenvalue weighted by Gasteiger charge is 2.22. The predicted molar refractivity (Wildman–Crippen MR) is 126 cm³/mol. The van der Waals surface area contributed by atoms with Crippen molar-refractivity contribution in [3.63, 3.8) is 0 Å². The minimum atomic E-state index is -0.0130. The summed E-state index contributed by atoms with van der Waals surface area (Å²) < 4.78 is 6.31. The first-order valence-corrected chi connectivity index (χ1v) is 11.1. The Bertz CT molecular complexity index is 1170. The third kappa shape index (κ3) is 4.75. The van der Waals surface area contributed by atoms with E-state index in [0.29, 0.717) is 17.6 Å². The summed E-state index contributed by atoms with van der Waals surface area (Å²) >= 11 is 1.55. The van der Waals surface area contributed by atoms with Gasteiger partial charge in [0.05, 0.1) is 36.0 Å². The fourth-order valence-corrected chi connectivity index (χ4v) is 4.49. The van der Waals surface area contributed by atoms with E-state index in [2.05, 4.69) is 37.0 Å². The summed E-state index contributed by atoms with van der Waals surface area (Å²) in [6.07, 6.45) is 2.03. The first kappa shape index (κ1) is 21.0. The highest BCUT2D eigenvalue weighted by molar-refractivity contribution is 7.22. The predicted octanol–water partition coefficient (Wildman–Crippen LogP) is 5.60. The Hall–Kier alpha value is -3.25. The van der Waals surface area contributed by atoms with Gasteiger partial charge in [-0.05, 0) is 47.4 Å². The highest BCUT2D eigenvalue weighted by Crippen LogP contribution is 2.34. The number of thiazole rings is 1. The Balaban J connectivity index is 1.69. The van der Waals surface area contributed by atoms with Crippen LogP contribution in [0.4, 0.5) is 5.13 Å². The molecule has 2 aromatic heterocycles. The van der Waals surface area contributed by atoms with E-state index in [1.807, 2.05) is 42.5 Å². The van der Waals surface area contributed by atoms with Gasteiger partial charge in [-0.2, -0.15) is 0 Å². The number of rotatable bonds is 7. The van der Waals surface area contributed by atoms with Gasteiger partial charge < -0.3 is 4.74 Å². The Morgan fingerprint density at radius 1 is 1.06 bits per heavy atom. The van der Waals surface area contributed by atoms with Crippen molar-refractivity contribution in [1.29, 1.82) is 0 Å². The van der Waals surface area contributed by atoms with Gasteiger partial charge in [-0.25, -0.2) is 4.98 Å². The van der Waals surface area contributed by atoms with Gasteiger partial charge in [-0.1, -0.05) is 55.5 Å². The molecule has 0 saturated carbocycles. The fraction of sp³-hybridized carbons (Fsp3) is 0.240. The Labute approximate surface area is 186 Å². The average Bonchev–Trinajstić information content (AvgIpc) is 3.22. The van der Waals surface area contributed by atoms with Gasteiger partial charge in [0.1, 0.15) is 5.75 Å². The second kappa shape index (κ2) is 9.27. The molecule has 0 radical (unpaired) electrons. The van der Waals surface area contributed by atoms with Gasteiger partial charge in [-0.3, -0.25) is 14.7 Å². The molecule has 0 aliphatic rings. The molecule has 158 valence electrons. The van der Waals surface area contributed by atoms with E-state index >= 15 is 0 Å². The van der Waals surface area contributed by atoms with E-state index in [0.717, 1.165) is 27.2 Å². The lowest BCUT2D eigenvalue weighted by Gasteiger charge is -2.19. The number of aromatic nitrogens is 2. The maximum absolute atomic E-state index is 13.4. The Morgan fingerprint density at radius 2 is 1.87 bits per heavy atom. The molecule has 0 aliphatic heterocycles. The molecule has 0 saturated heterocycles. The standard InChI is InChI=1S/C25H25N3O2S/c1-17(2)21-8-6-9-22-24(21)27-25(31-22)28(16-19-7-4-5-14-26-19)23(29)15-18-10-12-20(30-3)13-11-18/h4-14,17H,15-16H2,1-3H3. The molecule has 0 bridgehead atoms. The van der Waals surface area contributed by atoms with Crippen molar-refractivity contribution in [2.45, 2.75) is 32.7 Å². The number of benzene rings is 2. The van der Waals surface area contributed by atoms with Crippen LogP contribution in [-0.4, -0.2) is 23.0 Å². The van der Waals surface area contributed by atoms with E-state index in [1.165, 1.54) is 5.56 Å². The zero-order chi connectivity index (χ0) is 21.8.